The molecule has 2 unspecified atom stereocenters. The van der Waals surface area contributed by atoms with E-state index in [4.69, 9.17) is 9.72 Å². The normalized spacial score (nSPS) is 23.5. The van der Waals surface area contributed by atoms with Crippen LogP contribution in [0, 0.1) is 11.8 Å². The fourth-order valence-corrected chi connectivity index (χ4v) is 3.61. The van der Waals surface area contributed by atoms with E-state index in [0.717, 1.165) is 23.5 Å². The van der Waals surface area contributed by atoms with Gasteiger partial charge in [-0.2, -0.15) is 0 Å². The summed E-state index contributed by atoms with van der Waals surface area (Å²) in [7, 11) is 1.76. The van der Waals surface area contributed by atoms with Gasteiger partial charge < -0.3 is 9.64 Å². The molecule has 0 aliphatic carbocycles. The van der Waals surface area contributed by atoms with Crippen LogP contribution in [-0.4, -0.2) is 23.6 Å². The summed E-state index contributed by atoms with van der Waals surface area (Å²) < 4.78 is 5.38. The summed E-state index contributed by atoms with van der Waals surface area (Å²) in [6, 6.07) is 10.6. The molecule has 0 bridgehead atoms. The molecule has 0 saturated carbocycles. The quantitative estimate of drug-likeness (QED) is 0.841. The van der Waals surface area contributed by atoms with Crippen LogP contribution in [0.1, 0.15) is 18.2 Å². The molecule has 4 rings (SSSR count). The van der Waals surface area contributed by atoms with E-state index in [2.05, 4.69) is 48.7 Å². The van der Waals surface area contributed by atoms with Crippen molar-refractivity contribution >= 4 is 16.6 Å². The van der Waals surface area contributed by atoms with Gasteiger partial charge in [0.05, 0.1) is 30.1 Å². The van der Waals surface area contributed by atoms with Gasteiger partial charge in [0.25, 0.3) is 0 Å². The van der Waals surface area contributed by atoms with Gasteiger partial charge >= 0.3 is 0 Å². The summed E-state index contributed by atoms with van der Waals surface area (Å²) in [5.74, 6) is 0.760. The fourth-order valence-electron chi connectivity index (χ4n) is 3.61. The molecule has 112 valence electrons. The van der Waals surface area contributed by atoms with E-state index in [1.54, 1.807) is 7.11 Å². The van der Waals surface area contributed by atoms with Crippen molar-refractivity contribution < 1.29 is 4.74 Å². The minimum Gasteiger partial charge on any atom is -0.384 e. The van der Waals surface area contributed by atoms with Gasteiger partial charge in [-0.25, -0.2) is 4.98 Å². The third kappa shape index (κ3) is 1.89. The zero-order chi connectivity index (χ0) is 15.3. The number of allylic oxidation sites excluding steroid dienone is 1. The number of methoxy groups -OCH3 is 1. The summed E-state index contributed by atoms with van der Waals surface area (Å²) >= 11 is 0. The smallest absolute Gasteiger partial charge is 0.0921 e. The molecular weight excluding hydrogens is 272 g/mol. The lowest BCUT2D eigenvalue weighted by Crippen LogP contribution is -2.31. The van der Waals surface area contributed by atoms with Crippen LogP contribution in [0.25, 0.3) is 16.6 Å². The van der Waals surface area contributed by atoms with Crippen LogP contribution < -0.4 is 0 Å². The second-order valence-corrected chi connectivity index (χ2v) is 6.24. The Morgan fingerprint density at radius 2 is 2.18 bits per heavy atom. The number of nitrogens with zero attached hydrogens (tertiary/aromatic N) is 2. The van der Waals surface area contributed by atoms with Crippen molar-refractivity contribution in [1.82, 2.24) is 9.88 Å². The number of fused-ring (bicyclic) bond motifs is 4. The standard InChI is InChI=1S/C19H20N2O/c1-12-8-18-19-15(9-14-6-4-5-7-17(14)20-19)10-21(18)13(2)16(12)11-22-3/h4-9,12,16H,2,10-11H2,1,3H3. The lowest BCUT2D eigenvalue weighted by Gasteiger charge is -2.36. The third-order valence-electron chi connectivity index (χ3n) is 4.84. The second-order valence-electron chi connectivity index (χ2n) is 6.24. The summed E-state index contributed by atoms with van der Waals surface area (Å²) in [6.07, 6.45) is 2.33. The molecule has 1 aromatic carbocycles. The summed E-state index contributed by atoms with van der Waals surface area (Å²) in [6.45, 7) is 8.15. The lowest BCUT2D eigenvalue weighted by atomic mass is 9.87. The molecular formula is C19H20N2O. The van der Waals surface area contributed by atoms with Gasteiger partial charge in [0.15, 0.2) is 0 Å². The summed E-state index contributed by atoms with van der Waals surface area (Å²) in [5.41, 5.74) is 5.82. The Morgan fingerprint density at radius 3 is 3.00 bits per heavy atom. The molecule has 2 aliphatic heterocycles. The average Bonchev–Trinajstić information content (AvgIpc) is 2.87. The Labute approximate surface area is 130 Å². The lowest BCUT2D eigenvalue weighted by molar-refractivity contribution is 0.136. The molecule has 22 heavy (non-hydrogen) atoms. The number of hydrogen-bond donors (Lipinski definition) is 0. The van der Waals surface area contributed by atoms with Crippen LogP contribution in [0.15, 0.2) is 48.7 Å². The SMILES string of the molecule is C=C1C(COC)C(C)C=C2c3nc4ccccc4cc3CN12. The van der Waals surface area contributed by atoms with Gasteiger partial charge in [-0.05, 0) is 18.1 Å². The van der Waals surface area contributed by atoms with Crippen LogP contribution >= 0.6 is 0 Å². The van der Waals surface area contributed by atoms with E-state index < -0.39 is 0 Å². The highest BCUT2D eigenvalue weighted by Crippen LogP contribution is 2.43. The largest absolute Gasteiger partial charge is 0.384 e. The number of benzene rings is 1. The van der Waals surface area contributed by atoms with Crippen LogP contribution in [0.4, 0.5) is 0 Å². The van der Waals surface area contributed by atoms with E-state index in [1.807, 2.05) is 6.07 Å². The van der Waals surface area contributed by atoms with Gasteiger partial charge in [0, 0.05) is 29.7 Å². The summed E-state index contributed by atoms with van der Waals surface area (Å²) in [4.78, 5) is 7.20. The molecule has 3 heteroatoms. The first kappa shape index (κ1) is 13.5. The zero-order valence-electron chi connectivity index (χ0n) is 13.0. The molecule has 3 nitrogen and oxygen atoms in total. The van der Waals surface area contributed by atoms with Gasteiger partial charge in [-0.15, -0.1) is 0 Å². The molecule has 0 radical (unpaired) electrons. The molecule has 0 N–H and O–H groups in total. The van der Waals surface area contributed by atoms with E-state index >= 15 is 0 Å². The predicted molar refractivity (Wildman–Crippen MR) is 88.9 cm³/mol. The number of rotatable bonds is 2. The van der Waals surface area contributed by atoms with Crippen LogP contribution in [0.3, 0.4) is 0 Å². The highest BCUT2D eigenvalue weighted by atomic mass is 16.5. The van der Waals surface area contributed by atoms with Gasteiger partial charge in [-0.1, -0.05) is 37.8 Å². The van der Waals surface area contributed by atoms with E-state index in [1.165, 1.54) is 16.6 Å². The minimum absolute atomic E-state index is 0.345. The Kier molecular flexibility index (Phi) is 3.05. The first-order chi connectivity index (χ1) is 10.7. The van der Waals surface area contributed by atoms with Crippen molar-refractivity contribution in [3.63, 3.8) is 0 Å². The molecule has 0 fully saturated rings. The van der Waals surface area contributed by atoms with Crippen LogP contribution in [0.2, 0.25) is 0 Å². The molecule has 1 aromatic heterocycles. The number of para-hydroxylation sites is 1. The topological polar surface area (TPSA) is 25.4 Å². The zero-order valence-corrected chi connectivity index (χ0v) is 13.0. The summed E-state index contributed by atoms with van der Waals surface area (Å²) in [5, 5.41) is 1.20. The van der Waals surface area contributed by atoms with Gasteiger partial charge in [0.2, 0.25) is 0 Å². The Morgan fingerprint density at radius 1 is 1.36 bits per heavy atom. The maximum atomic E-state index is 5.38. The number of ether oxygens (including phenoxy) is 1. The van der Waals surface area contributed by atoms with Crippen LogP contribution in [0.5, 0.6) is 0 Å². The maximum Gasteiger partial charge on any atom is 0.0921 e. The van der Waals surface area contributed by atoms with Crippen molar-refractivity contribution in [2.75, 3.05) is 13.7 Å². The Hall–Kier alpha value is -2.13. The third-order valence-corrected chi connectivity index (χ3v) is 4.84. The Bertz CT molecular complexity index is 793. The van der Waals surface area contributed by atoms with Crippen molar-refractivity contribution in [3.05, 3.63) is 59.9 Å². The minimum atomic E-state index is 0.345. The second kappa shape index (κ2) is 4.96. The average molecular weight is 292 g/mol. The molecule has 0 saturated heterocycles. The van der Waals surface area contributed by atoms with E-state index in [0.29, 0.717) is 18.4 Å². The maximum absolute atomic E-state index is 5.38. The van der Waals surface area contributed by atoms with Crippen molar-refractivity contribution in [2.24, 2.45) is 11.8 Å². The van der Waals surface area contributed by atoms with Crippen molar-refractivity contribution in [3.8, 4) is 0 Å². The highest BCUT2D eigenvalue weighted by Gasteiger charge is 2.36. The first-order valence-corrected chi connectivity index (χ1v) is 7.75. The Balaban J connectivity index is 1.82. The molecule has 0 amide bonds. The molecule has 2 aromatic rings. The predicted octanol–water partition coefficient (Wildman–Crippen LogP) is 3.82. The highest BCUT2D eigenvalue weighted by molar-refractivity contribution is 5.84. The fraction of sp³-hybridized carbons (Fsp3) is 0.316. The first-order valence-electron chi connectivity index (χ1n) is 7.75. The van der Waals surface area contributed by atoms with E-state index in [-0.39, 0.29) is 0 Å². The number of hydrogen-bond acceptors (Lipinski definition) is 3. The number of pyridine rings is 1. The molecule has 0 spiro atoms. The van der Waals surface area contributed by atoms with Crippen LogP contribution in [-0.2, 0) is 11.3 Å². The number of aromatic nitrogens is 1. The molecule has 3 heterocycles. The van der Waals surface area contributed by atoms with Crippen molar-refractivity contribution in [2.45, 2.75) is 13.5 Å². The van der Waals surface area contributed by atoms with Gasteiger partial charge in [-0.3, -0.25) is 0 Å². The van der Waals surface area contributed by atoms with E-state index in [9.17, 15) is 0 Å². The van der Waals surface area contributed by atoms with Gasteiger partial charge in [0.1, 0.15) is 0 Å². The molecule has 2 aliphatic rings. The monoisotopic (exact) mass is 292 g/mol. The molecule has 2 atom stereocenters. The van der Waals surface area contributed by atoms with Crippen molar-refractivity contribution in [1.29, 1.82) is 0 Å².